The Hall–Kier alpha value is -3.35. The van der Waals surface area contributed by atoms with Gasteiger partial charge < -0.3 is 14.0 Å². The van der Waals surface area contributed by atoms with Crippen molar-refractivity contribution in [2.75, 3.05) is 14.2 Å². The predicted octanol–water partition coefficient (Wildman–Crippen LogP) is 3.86. The van der Waals surface area contributed by atoms with Gasteiger partial charge in [0, 0.05) is 29.9 Å². The van der Waals surface area contributed by atoms with Crippen LogP contribution in [0, 0.1) is 12.8 Å². The Morgan fingerprint density at radius 2 is 2.10 bits per heavy atom. The minimum absolute atomic E-state index is 0.395. The van der Waals surface area contributed by atoms with Crippen LogP contribution in [-0.2, 0) is 11.3 Å². The van der Waals surface area contributed by atoms with Crippen LogP contribution in [0.25, 0.3) is 27.9 Å². The van der Waals surface area contributed by atoms with E-state index in [1.807, 2.05) is 19.2 Å². The molecule has 5 rings (SSSR count). The summed E-state index contributed by atoms with van der Waals surface area (Å²) in [6, 6.07) is 7.88. The van der Waals surface area contributed by atoms with Gasteiger partial charge in [0.2, 0.25) is 0 Å². The fourth-order valence-electron chi connectivity index (χ4n) is 3.94. The van der Waals surface area contributed by atoms with Gasteiger partial charge in [0.25, 0.3) is 0 Å². The summed E-state index contributed by atoms with van der Waals surface area (Å²) in [4.78, 5) is 16.7. The van der Waals surface area contributed by atoms with Crippen LogP contribution in [0.1, 0.15) is 28.8 Å². The number of pyridine rings is 2. The van der Waals surface area contributed by atoms with Gasteiger partial charge in [0.05, 0.1) is 25.5 Å². The Balaban J connectivity index is 1.75. The van der Waals surface area contributed by atoms with Crippen LogP contribution >= 0.6 is 0 Å². The summed E-state index contributed by atoms with van der Waals surface area (Å²) in [5.74, 6) is 0.864. The normalized spacial score (nSPS) is 13.9. The second kappa shape index (κ2) is 6.62. The molecule has 7 nitrogen and oxygen atoms in total. The number of hydrogen-bond acceptors (Lipinski definition) is 5. The van der Waals surface area contributed by atoms with E-state index >= 15 is 0 Å². The number of carbonyl (C=O) groups is 1. The van der Waals surface area contributed by atoms with Gasteiger partial charge in [-0.1, -0.05) is 0 Å². The standard InChI is InChI=1S/C22H22N4O3/c1-13-19(24-26-12-16(22(27)29-3)10-18(28-2)20(13)26)17-9-15-5-4-8-23-21(15)25(17)11-14-6-7-14/h4-5,8-10,12,14H,6-7,11H2,1-3H3. The Morgan fingerprint density at radius 1 is 1.28 bits per heavy atom. The summed E-state index contributed by atoms with van der Waals surface area (Å²) in [6.07, 6.45) is 6.03. The minimum atomic E-state index is -0.424. The summed E-state index contributed by atoms with van der Waals surface area (Å²) >= 11 is 0. The SMILES string of the molecule is COC(=O)c1cc(OC)c2c(C)c(-c3cc4cccnc4n3CC3CC3)nn2c1. The summed E-state index contributed by atoms with van der Waals surface area (Å²) in [7, 11) is 2.96. The number of fused-ring (bicyclic) bond motifs is 2. The van der Waals surface area contributed by atoms with Crippen molar-refractivity contribution in [3.63, 3.8) is 0 Å². The summed E-state index contributed by atoms with van der Waals surface area (Å²) in [5.41, 5.74) is 5.11. The van der Waals surface area contributed by atoms with Crippen molar-refractivity contribution in [2.45, 2.75) is 26.3 Å². The highest BCUT2D eigenvalue weighted by Crippen LogP contribution is 2.37. The number of rotatable bonds is 5. The number of nitrogens with zero attached hydrogens (tertiary/aromatic N) is 4. The highest BCUT2D eigenvalue weighted by atomic mass is 16.5. The van der Waals surface area contributed by atoms with Crippen LogP contribution in [0.4, 0.5) is 0 Å². The molecule has 0 spiro atoms. The Labute approximate surface area is 167 Å². The largest absolute Gasteiger partial charge is 0.494 e. The zero-order valence-electron chi connectivity index (χ0n) is 16.7. The second-order valence-corrected chi connectivity index (χ2v) is 7.56. The van der Waals surface area contributed by atoms with Gasteiger partial charge in [-0.3, -0.25) is 0 Å². The molecule has 0 radical (unpaired) electrons. The summed E-state index contributed by atoms with van der Waals surface area (Å²) in [6.45, 7) is 2.97. The molecule has 29 heavy (non-hydrogen) atoms. The predicted molar refractivity (Wildman–Crippen MR) is 109 cm³/mol. The van der Waals surface area contributed by atoms with Gasteiger partial charge in [-0.2, -0.15) is 5.10 Å². The zero-order valence-corrected chi connectivity index (χ0v) is 16.7. The Kier molecular flexibility index (Phi) is 4.04. The van der Waals surface area contributed by atoms with Crippen LogP contribution in [-0.4, -0.2) is 39.4 Å². The molecule has 0 amide bonds. The smallest absolute Gasteiger partial charge is 0.339 e. The molecule has 0 aliphatic heterocycles. The van der Waals surface area contributed by atoms with E-state index in [-0.39, 0.29) is 0 Å². The zero-order chi connectivity index (χ0) is 20.1. The molecular formula is C22H22N4O3. The minimum Gasteiger partial charge on any atom is -0.494 e. The molecule has 0 unspecified atom stereocenters. The second-order valence-electron chi connectivity index (χ2n) is 7.56. The fraction of sp³-hybridized carbons (Fsp3) is 0.318. The third-order valence-electron chi connectivity index (χ3n) is 5.61. The average molecular weight is 390 g/mol. The van der Waals surface area contributed by atoms with E-state index < -0.39 is 5.97 Å². The molecule has 0 atom stereocenters. The lowest BCUT2D eigenvalue weighted by atomic mass is 10.1. The number of aromatic nitrogens is 4. The van der Waals surface area contributed by atoms with Gasteiger partial charge >= 0.3 is 5.97 Å². The lowest BCUT2D eigenvalue weighted by molar-refractivity contribution is 0.0599. The van der Waals surface area contributed by atoms with E-state index in [2.05, 4.69) is 21.7 Å². The molecule has 1 saturated carbocycles. The highest BCUT2D eigenvalue weighted by molar-refractivity contribution is 5.92. The number of ether oxygens (including phenoxy) is 2. The van der Waals surface area contributed by atoms with Crippen molar-refractivity contribution in [2.24, 2.45) is 5.92 Å². The number of aryl methyl sites for hydroxylation is 1. The first-order valence-electron chi connectivity index (χ1n) is 9.70. The van der Waals surface area contributed by atoms with Crippen LogP contribution < -0.4 is 4.74 Å². The first-order valence-corrected chi connectivity index (χ1v) is 9.70. The maximum Gasteiger partial charge on any atom is 0.339 e. The molecule has 4 aromatic heterocycles. The molecule has 0 saturated heterocycles. The van der Waals surface area contributed by atoms with Crippen molar-refractivity contribution in [3.05, 3.63) is 47.8 Å². The lowest BCUT2D eigenvalue weighted by Crippen LogP contribution is -2.05. The summed E-state index contributed by atoms with van der Waals surface area (Å²) < 4.78 is 14.4. The van der Waals surface area contributed by atoms with Crippen molar-refractivity contribution < 1.29 is 14.3 Å². The highest BCUT2D eigenvalue weighted by Gasteiger charge is 2.26. The quantitative estimate of drug-likeness (QED) is 0.484. The average Bonchev–Trinajstić information content (AvgIpc) is 3.41. The van der Waals surface area contributed by atoms with E-state index in [9.17, 15) is 4.79 Å². The third kappa shape index (κ3) is 2.85. The summed E-state index contributed by atoms with van der Waals surface area (Å²) in [5, 5.41) is 5.93. The molecule has 0 aromatic carbocycles. The van der Waals surface area contributed by atoms with E-state index in [0.717, 1.165) is 40.0 Å². The first kappa shape index (κ1) is 17.7. The topological polar surface area (TPSA) is 70.7 Å². The molecule has 4 aromatic rings. The number of hydrogen-bond donors (Lipinski definition) is 0. The molecule has 1 aliphatic carbocycles. The van der Waals surface area contributed by atoms with Crippen LogP contribution in [0.2, 0.25) is 0 Å². The van der Waals surface area contributed by atoms with E-state index in [0.29, 0.717) is 17.2 Å². The Morgan fingerprint density at radius 3 is 2.83 bits per heavy atom. The monoisotopic (exact) mass is 390 g/mol. The van der Waals surface area contributed by atoms with Crippen molar-refractivity contribution >= 4 is 22.5 Å². The maximum absolute atomic E-state index is 12.1. The first-order chi connectivity index (χ1) is 14.1. The van der Waals surface area contributed by atoms with Gasteiger partial charge in [-0.05, 0) is 49.9 Å². The van der Waals surface area contributed by atoms with E-state index in [1.165, 1.54) is 20.0 Å². The number of methoxy groups -OCH3 is 2. The van der Waals surface area contributed by atoms with E-state index in [1.54, 1.807) is 23.9 Å². The van der Waals surface area contributed by atoms with Crippen LogP contribution in [0.15, 0.2) is 36.7 Å². The van der Waals surface area contributed by atoms with Gasteiger partial charge in [0.15, 0.2) is 0 Å². The number of esters is 1. The third-order valence-corrected chi connectivity index (χ3v) is 5.61. The van der Waals surface area contributed by atoms with Crippen molar-refractivity contribution in [1.82, 2.24) is 19.2 Å². The van der Waals surface area contributed by atoms with Crippen LogP contribution in [0.3, 0.4) is 0 Å². The van der Waals surface area contributed by atoms with Gasteiger partial charge in [0.1, 0.15) is 22.6 Å². The molecule has 7 heteroatoms. The molecule has 1 fully saturated rings. The molecule has 0 N–H and O–H groups in total. The fourth-order valence-corrected chi connectivity index (χ4v) is 3.94. The molecule has 148 valence electrons. The maximum atomic E-state index is 12.1. The molecule has 1 aliphatic rings. The van der Waals surface area contributed by atoms with Gasteiger partial charge in [-0.15, -0.1) is 0 Å². The van der Waals surface area contributed by atoms with Crippen molar-refractivity contribution in [3.8, 4) is 17.1 Å². The molecule has 0 bridgehead atoms. The number of carbonyl (C=O) groups excluding carboxylic acids is 1. The molecule has 4 heterocycles. The van der Waals surface area contributed by atoms with Crippen LogP contribution in [0.5, 0.6) is 5.75 Å². The van der Waals surface area contributed by atoms with Gasteiger partial charge in [-0.25, -0.2) is 14.3 Å². The molecular weight excluding hydrogens is 368 g/mol. The lowest BCUT2D eigenvalue weighted by Gasteiger charge is -2.08. The Bertz CT molecular complexity index is 1250. The van der Waals surface area contributed by atoms with Crippen molar-refractivity contribution in [1.29, 1.82) is 0 Å². The van der Waals surface area contributed by atoms with E-state index in [4.69, 9.17) is 14.6 Å².